The van der Waals surface area contributed by atoms with Crippen LogP contribution in [0.2, 0.25) is 0 Å². The van der Waals surface area contributed by atoms with Gasteiger partial charge in [0.05, 0.1) is 4.92 Å². The van der Waals surface area contributed by atoms with Gasteiger partial charge in [0.25, 0.3) is 11.6 Å². The summed E-state index contributed by atoms with van der Waals surface area (Å²) in [5.74, 6) is 0.168. The van der Waals surface area contributed by atoms with Gasteiger partial charge in [-0.25, -0.2) is 0 Å². The first kappa shape index (κ1) is 14.4. The Morgan fingerprint density at radius 1 is 1.29 bits per heavy atom. The van der Waals surface area contributed by atoms with Crippen LogP contribution >= 0.6 is 0 Å². The number of benzene rings is 1. The van der Waals surface area contributed by atoms with Gasteiger partial charge in [-0.2, -0.15) is 0 Å². The lowest BCUT2D eigenvalue weighted by Gasteiger charge is -2.05. The van der Waals surface area contributed by atoms with Crippen LogP contribution in [0.1, 0.15) is 16.1 Å². The van der Waals surface area contributed by atoms with E-state index < -0.39 is 4.92 Å². The molecule has 1 heterocycles. The maximum absolute atomic E-state index is 11.3. The van der Waals surface area contributed by atoms with E-state index in [-0.39, 0.29) is 17.3 Å². The topological polar surface area (TPSA) is 110 Å². The molecule has 2 N–H and O–H groups in total. The van der Waals surface area contributed by atoms with Gasteiger partial charge in [-0.3, -0.25) is 14.9 Å². The fraction of sp³-hybridized carbons (Fsp3) is 0.154. The number of nitrogens with one attached hydrogen (secondary N) is 2. The molecule has 0 unspecified atom stereocenters. The van der Waals surface area contributed by atoms with Crippen LogP contribution in [0, 0.1) is 10.1 Å². The molecule has 1 aromatic carbocycles. The van der Waals surface area contributed by atoms with Gasteiger partial charge in [0.15, 0.2) is 5.69 Å². The van der Waals surface area contributed by atoms with Crippen LogP contribution in [0.4, 0.5) is 11.5 Å². The van der Waals surface area contributed by atoms with Gasteiger partial charge < -0.3 is 10.6 Å². The minimum Gasteiger partial charge on any atom is -0.365 e. The van der Waals surface area contributed by atoms with Crippen LogP contribution in [0.3, 0.4) is 0 Å². The van der Waals surface area contributed by atoms with E-state index in [9.17, 15) is 14.9 Å². The van der Waals surface area contributed by atoms with Gasteiger partial charge in [-0.1, -0.05) is 12.1 Å². The average Bonchev–Trinajstić information content (AvgIpc) is 2.53. The number of rotatable bonds is 5. The number of carbonyl (C=O) groups is 1. The first-order valence-electron chi connectivity index (χ1n) is 6.13. The van der Waals surface area contributed by atoms with Crippen LogP contribution < -0.4 is 10.6 Å². The molecule has 0 aliphatic rings. The largest absolute Gasteiger partial charge is 0.365 e. The van der Waals surface area contributed by atoms with Crippen LogP contribution in [0.25, 0.3) is 0 Å². The summed E-state index contributed by atoms with van der Waals surface area (Å²) >= 11 is 0. The van der Waals surface area contributed by atoms with Crippen molar-refractivity contribution in [3.63, 3.8) is 0 Å². The second-order valence-corrected chi connectivity index (χ2v) is 4.16. The Balaban J connectivity index is 2.01. The zero-order valence-corrected chi connectivity index (χ0v) is 11.2. The number of carbonyl (C=O) groups excluding carboxylic acids is 1. The van der Waals surface area contributed by atoms with Gasteiger partial charge in [0.1, 0.15) is 5.82 Å². The molecule has 0 saturated carbocycles. The normalized spacial score (nSPS) is 9.95. The van der Waals surface area contributed by atoms with E-state index in [2.05, 4.69) is 20.8 Å². The number of nitro groups is 1. The Bertz CT molecular complexity index is 657. The standard InChI is InChI=1S/C13H13N5O3/c1-14-13(19)11-5-6-12(17-16-11)15-8-9-3-2-4-10(7-9)18(20)21/h2-7H,8H2,1H3,(H,14,19)(H,15,17). The Labute approximate surface area is 120 Å². The smallest absolute Gasteiger partial charge is 0.271 e. The van der Waals surface area contributed by atoms with Crippen molar-refractivity contribution in [1.29, 1.82) is 0 Å². The first-order chi connectivity index (χ1) is 10.1. The van der Waals surface area contributed by atoms with Crippen molar-refractivity contribution >= 4 is 17.4 Å². The monoisotopic (exact) mass is 287 g/mol. The molecule has 0 atom stereocenters. The quantitative estimate of drug-likeness (QED) is 0.634. The average molecular weight is 287 g/mol. The zero-order valence-electron chi connectivity index (χ0n) is 11.2. The SMILES string of the molecule is CNC(=O)c1ccc(NCc2cccc([N+](=O)[O-])c2)nn1. The lowest BCUT2D eigenvalue weighted by Crippen LogP contribution is -2.19. The molecular formula is C13H13N5O3. The molecule has 0 bridgehead atoms. The number of hydrogen-bond acceptors (Lipinski definition) is 6. The molecule has 1 aromatic heterocycles. The number of aromatic nitrogens is 2. The van der Waals surface area contributed by atoms with Crippen molar-refractivity contribution in [3.8, 4) is 0 Å². The lowest BCUT2D eigenvalue weighted by molar-refractivity contribution is -0.384. The van der Waals surface area contributed by atoms with Crippen molar-refractivity contribution in [3.05, 3.63) is 57.8 Å². The summed E-state index contributed by atoms with van der Waals surface area (Å²) in [6.45, 7) is 0.371. The van der Waals surface area contributed by atoms with E-state index in [1.165, 1.54) is 19.2 Å². The Morgan fingerprint density at radius 2 is 2.10 bits per heavy atom. The van der Waals surface area contributed by atoms with Gasteiger partial charge in [0.2, 0.25) is 0 Å². The van der Waals surface area contributed by atoms with E-state index in [0.717, 1.165) is 5.56 Å². The zero-order chi connectivity index (χ0) is 15.2. The molecule has 8 nitrogen and oxygen atoms in total. The number of non-ortho nitro benzene ring substituents is 1. The summed E-state index contributed by atoms with van der Waals surface area (Å²) in [4.78, 5) is 21.5. The van der Waals surface area contributed by atoms with Gasteiger partial charge in [0, 0.05) is 25.7 Å². The molecule has 21 heavy (non-hydrogen) atoms. The van der Waals surface area contributed by atoms with Crippen molar-refractivity contribution in [2.75, 3.05) is 12.4 Å². The summed E-state index contributed by atoms with van der Waals surface area (Å²) < 4.78 is 0. The molecule has 0 aliphatic heterocycles. The minimum absolute atomic E-state index is 0.0374. The van der Waals surface area contributed by atoms with Crippen LogP contribution in [0.15, 0.2) is 36.4 Å². The van der Waals surface area contributed by atoms with Gasteiger partial charge >= 0.3 is 0 Å². The predicted octanol–water partition coefficient (Wildman–Crippen LogP) is 1.36. The van der Waals surface area contributed by atoms with Crippen LogP contribution in [-0.4, -0.2) is 28.1 Å². The lowest BCUT2D eigenvalue weighted by atomic mass is 10.2. The third kappa shape index (κ3) is 3.72. The fourth-order valence-electron chi connectivity index (χ4n) is 1.65. The maximum Gasteiger partial charge on any atom is 0.271 e. The van der Waals surface area contributed by atoms with Crippen LogP contribution in [-0.2, 0) is 6.54 Å². The van der Waals surface area contributed by atoms with Crippen molar-refractivity contribution in [1.82, 2.24) is 15.5 Å². The summed E-state index contributed by atoms with van der Waals surface area (Å²) in [7, 11) is 1.51. The van der Waals surface area contributed by atoms with E-state index >= 15 is 0 Å². The number of amides is 1. The molecular weight excluding hydrogens is 274 g/mol. The minimum atomic E-state index is -0.443. The number of nitro benzene ring substituents is 1. The molecule has 0 radical (unpaired) electrons. The molecule has 108 valence electrons. The number of nitrogens with zero attached hydrogens (tertiary/aromatic N) is 3. The Hall–Kier alpha value is -3.03. The van der Waals surface area contributed by atoms with Gasteiger partial charge in [-0.15, -0.1) is 10.2 Å². The molecule has 0 aliphatic carbocycles. The van der Waals surface area contributed by atoms with Crippen molar-refractivity contribution in [2.45, 2.75) is 6.54 Å². The molecule has 0 fully saturated rings. The number of anilines is 1. The highest BCUT2D eigenvalue weighted by molar-refractivity contribution is 5.91. The summed E-state index contributed by atoms with van der Waals surface area (Å²) in [6, 6.07) is 9.47. The fourth-order valence-corrected chi connectivity index (χ4v) is 1.65. The third-order valence-electron chi connectivity index (χ3n) is 2.72. The van der Waals surface area contributed by atoms with Crippen molar-refractivity contribution < 1.29 is 9.72 Å². The molecule has 0 saturated heterocycles. The van der Waals surface area contributed by atoms with Gasteiger partial charge in [-0.05, 0) is 17.7 Å². The molecule has 2 aromatic rings. The highest BCUT2D eigenvalue weighted by atomic mass is 16.6. The Kier molecular flexibility index (Phi) is 4.39. The summed E-state index contributed by atoms with van der Waals surface area (Å²) in [6.07, 6.45) is 0. The van der Waals surface area contributed by atoms with E-state index in [1.54, 1.807) is 24.3 Å². The van der Waals surface area contributed by atoms with Crippen LogP contribution in [0.5, 0.6) is 0 Å². The van der Waals surface area contributed by atoms with E-state index in [0.29, 0.717) is 12.4 Å². The summed E-state index contributed by atoms with van der Waals surface area (Å²) in [5.41, 5.74) is 1.01. The third-order valence-corrected chi connectivity index (χ3v) is 2.72. The highest BCUT2D eigenvalue weighted by Crippen LogP contribution is 2.14. The Morgan fingerprint density at radius 3 is 2.71 bits per heavy atom. The number of hydrogen-bond donors (Lipinski definition) is 2. The molecule has 2 rings (SSSR count). The first-order valence-corrected chi connectivity index (χ1v) is 6.13. The van der Waals surface area contributed by atoms with E-state index in [4.69, 9.17) is 0 Å². The molecule has 0 spiro atoms. The second-order valence-electron chi connectivity index (χ2n) is 4.16. The molecule has 1 amide bonds. The highest BCUT2D eigenvalue weighted by Gasteiger charge is 2.07. The predicted molar refractivity (Wildman–Crippen MR) is 75.8 cm³/mol. The second kappa shape index (κ2) is 6.42. The summed E-state index contributed by atoms with van der Waals surface area (Å²) in [5, 5.41) is 23.8. The maximum atomic E-state index is 11.3. The molecule has 8 heteroatoms. The van der Waals surface area contributed by atoms with Crippen molar-refractivity contribution in [2.24, 2.45) is 0 Å². The van der Waals surface area contributed by atoms with E-state index in [1.807, 2.05) is 0 Å².